The highest BCUT2D eigenvalue weighted by molar-refractivity contribution is 9.10. The summed E-state index contributed by atoms with van der Waals surface area (Å²) in [4.78, 5) is 10.7. The Morgan fingerprint density at radius 3 is 2.71 bits per heavy atom. The molecular weight excluding hydrogens is 253 g/mol. The van der Waals surface area contributed by atoms with Gasteiger partial charge in [-0.05, 0) is 34.1 Å². The van der Waals surface area contributed by atoms with Crippen molar-refractivity contribution in [2.45, 2.75) is 0 Å². The molecule has 1 N–H and O–H groups in total. The van der Waals surface area contributed by atoms with Gasteiger partial charge in [-0.25, -0.2) is 14.3 Å². The Morgan fingerprint density at radius 1 is 1.36 bits per heavy atom. The number of benzene rings is 1. The monoisotopic (exact) mass is 257 g/mol. The molecule has 0 atom stereocenters. The molecule has 1 aromatic heterocycles. The third-order valence-corrected chi connectivity index (χ3v) is 2.36. The number of hydrogen-bond acceptors (Lipinski definition) is 2. The van der Waals surface area contributed by atoms with Crippen LogP contribution in [0.15, 0.2) is 38.1 Å². The van der Waals surface area contributed by atoms with E-state index in [0.717, 1.165) is 0 Å². The maximum Gasteiger partial charge on any atom is 0.357 e. The third-order valence-electron chi connectivity index (χ3n) is 1.75. The van der Waals surface area contributed by atoms with E-state index >= 15 is 0 Å². The van der Waals surface area contributed by atoms with Crippen LogP contribution < -0.4 is 5.63 Å². The number of hydrogen-bond donors (Lipinski definition) is 1. The molecule has 5 heteroatoms. The second-order valence-corrected chi connectivity index (χ2v) is 3.56. The fraction of sp³-hybridized carbons (Fsp3) is 0. The topological polar surface area (TPSA) is 46.0 Å². The lowest BCUT2D eigenvalue weighted by molar-refractivity contribution is 0.394. The number of aromatic amines is 1. The summed E-state index contributed by atoms with van der Waals surface area (Å²) >= 11 is 3.05. The van der Waals surface area contributed by atoms with Crippen LogP contribution in [0, 0.1) is 5.82 Å². The van der Waals surface area contributed by atoms with Crippen molar-refractivity contribution in [2.75, 3.05) is 0 Å². The molecule has 0 fully saturated rings. The molecule has 0 spiro atoms. The van der Waals surface area contributed by atoms with Crippen LogP contribution in [0.1, 0.15) is 0 Å². The van der Waals surface area contributed by atoms with Gasteiger partial charge in [0.2, 0.25) is 0 Å². The van der Waals surface area contributed by atoms with Gasteiger partial charge in [-0.3, -0.25) is 0 Å². The molecule has 0 radical (unpaired) electrons. The van der Waals surface area contributed by atoms with Gasteiger partial charge in [0.15, 0.2) is 0 Å². The molecule has 0 amide bonds. The van der Waals surface area contributed by atoms with E-state index in [1.165, 1.54) is 12.1 Å². The summed E-state index contributed by atoms with van der Waals surface area (Å²) in [6, 6.07) is 5.74. The van der Waals surface area contributed by atoms with Crippen LogP contribution in [0.4, 0.5) is 4.39 Å². The molecule has 0 unspecified atom stereocenters. The minimum absolute atomic E-state index is 0.344. The second-order valence-electron chi connectivity index (χ2n) is 2.71. The number of nitrogens with one attached hydrogen (secondary N) is 1. The van der Waals surface area contributed by atoms with Crippen molar-refractivity contribution < 1.29 is 8.91 Å². The van der Waals surface area contributed by atoms with Gasteiger partial charge in [0.1, 0.15) is 5.82 Å². The van der Waals surface area contributed by atoms with E-state index in [1.54, 1.807) is 12.1 Å². The van der Waals surface area contributed by atoms with E-state index in [1.807, 2.05) is 0 Å². The Hall–Kier alpha value is -1.36. The molecule has 0 bridgehead atoms. The minimum atomic E-state index is -0.458. The molecule has 0 aliphatic heterocycles. The normalized spacial score (nSPS) is 10.4. The maximum atomic E-state index is 12.9. The van der Waals surface area contributed by atoms with Gasteiger partial charge in [0.25, 0.3) is 0 Å². The summed E-state index contributed by atoms with van der Waals surface area (Å²) in [6.45, 7) is 0. The molecule has 2 rings (SSSR count). The van der Waals surface area contributed by atoms with Gasteiger partial charge in [-0.1, -0.05) is 0 Å². The molecule has 2 aromatic rings. The highest BCUT2D eigenvalue weighted by atomic mass is 79.9. The van der Waals surface area contributed by atoms with Gasteiger partial charge in [-0.15, -0.1) is 0 Å². The van der Waals surface area contributed by atoms with Crippen molar-refractivity contribution >= 4 is 15.9 Å². The van der Waals surface area contributed by atoms with Gasteiger partial charge >= 0.3 is 5.63 Å². The highest BCUT2D eigenvalue weighted by Crippen LogP contribution is 2.22. The Balaban J connectivity index is 2.52. The smallest absolute Gasteiger partial charge is 0.339 e. The van der Waals surface area contributed by atoms with Crippen molar-refractivity contribution in [3.63, 3.8) is 0 Å². The largest absolute Gasteiger partial charge is 0.357 e. The standard InChI is InChI=1S/C9H5BrFNO2/c10-6-3-5(1-2-7(6)11)8-4-9(13)14-12-8/h1-4,12H. The van der Waals surface area contributed by atoms with Gasteiger partial charge in [-0.2, -0.15) is 0 Å². The number of aromatic nitrogens is 1. The Labute approximate surface area is 86.6 Å². The summed E-state index contributed by atoms with van der Waals surface area (Å²) in [5.41, 5.74) is 0.750. The molecule has 72 valence electrons. The highest BCUT2D eigenvalue weighted by Gasteiger charge is 2.05. The summed E-state index contributed by atoms with van der Waals surface area (Å²) in [7, 11) is 0. The second kappa shape index (κ2) is 3.42. The first-order valence-electron chi connectivity index (χ1n) is 3.81. The lowest BCUT2D eigenvalue weighted by atomic mass is 10.1. The fourth-order valence-electron chi connectivity index (χ4n) is 1.09. The molecule has 1 heterocycles. The van der Waals surface area contributed by atoms with Crippen molar-refractivity contribution in [1.82, 2.24) is 5.16 Å². The van der Waals surface area contributed by atoms with Gasteiger partial charge < -0.3 is 4.52 Å². The fourth-order valence-corrected chi connectivity index (χ4v) is 1.47. The van der Waals surface area contributed by atoms with E-state index in [9.17, 15) is 9.18 Å². The van der Waals surface area contributed by atoms with Gasteiger partial charge in [0, 0.05) is 5.56 Å². The number of rotatable bonds is 1. The summed E-state index contributed by atoms with van der Waals surface area (Å²) in [5, 5.41) is 2.44. The number of H-pyrrole nitrogens is 1. The van der Waals surface area contributed by atoms with Crippen LogP contribution in [-0.2, 0) is 0 Å². The Kier molecular flexibility index (Phi) is 2.25. The van der Waals surface area contributed by atoms with Crippen LogP contribution in [0.5, 0.6) is 0 Å². The van der Waals surface area contributed by atoms with Crippen molar-refractivity contribution in [3.05, 3.63) is 45.0 Å². The van der Waals surface area contributed by atoms with Crippen LogP contribution in [0.3, 0.4) is 0 Å². The zero-order valence-electron chi connectivity index (χ0n) is 6.88. The van der Waals surface area contributed by atoms with Crippen LogP contribution in [0.25, 0.3) is 11.3 Å². The summed E-state index contributed by atoms with van der Waals surface area (Å²) in [5.74, 6) is -0.348. The molecule has 0 aliphatic rings. The molecule has 0 saturated carbocycles. The average Bonchev–Trinajstić information content (AvgIpc) is 2.57. The van der Waals surface area contributed by atoms with E-state index in [4.69, 9.17) is 0 Å². The molecule has 3 nitrogen and oxygen atoms in total. The minimum Gasteiger partial charge on any atom is -0.339 e. The quantitative estimate of drug-likeness (QED) is 0.854. The van der Waals surface area contributed by atoms with E-state index < -0.39 is 5.63 Å². The van der Waals surface area contributed by atoms with E-state index in [-0.39, 0.29) is 5.82 Å². The van der Waals surface area contributed by atoms with Crippen LogP contribution >= 0.6 is 15.9 Å². The molecule has 0 saturated heterocycles. The zero-order valence-corrected chi connectivity index (χ0v) is 8.47. The first-order valence-corrected chi connectivity index (χ1v) is 4.60. The van der Waals surface area contributed by atoms with Crippen LogP contribution in [0.2, 0.25) is 0 Å². The van der Waals surface area contributed by atoms with E-state index in [0.29, 0.717) is 15.7 Å². The van der Waals surface area contributed by atoms with Crippen molar-refractivity contribution in [3.8, 4) is 11.3 Å². The summed E-state index contributed by atoms with van der Waals surface area (Å²) < 4.78 is 17.7. The Bertz CT molecular complexity index is 518. The van der Waals surface area contributed by atoms with Crippen molar-refractivity contribution in [1.29, 1.82) is 0 Å². The summed E-state index contributed by atoms with van der Waals surface area (Å²) in [6.07, 6.45) is 0. The Morgan fingerprint density at radius 2 is 2.14 bits per heavy atom. The predicted molar refractivity (Wildman–Crippen MR) is 52.4 cm³/mol. The number of halogens is 2. The maximum absolute atomic E-state index is 12.9. The molecule has 0 aliphatic carbocycles. The third kappa shape index (κ3) is 1.63. The lowest BCUT2D eigenvalue weighted by Gasteiger charge is -1.98. The lowest BCUT2D eigenvalue weighted by Crippen LogP contribution is -1.85. The SMILES string of the molecule is O=c1cc(-c2ccc(F)c(Br)c2)[nH]o1. The predicted octanol–water partition coefficient (Wildman–Crippen LogP) is 2.54. The van der Waals surface area contributed by atoms with E-state index in [2.05, 4.69) is 25.6 Å². The first-order chi connectivity index (χ1) is 6.66. The van der Waals surface area contributed by atoms with Crippen LogP contribution in [-0.4, -0.2) is 5.16 Å². The zero-order chi connectivity index (χ0) is 10.1. The first kappa shape index (κ1) is 9.21. The molecular formula is C9H5BrFNO2. The molecule has 1 aromatic carbocycles. The van der Waals surface area contributed by atoms with Crippen molar-refractivity contribution in [2.24, 2.45) is 0 Å². The molecule has 14 heavy (non-hydrogen) atoms. The average molecular weight is 258 g/mol. The van der Waals surface area contributed by atoms with Gasteiger partial charge in [0.05, 0.1) is 16.2 Å².